The van der Waals surface area contributed by atoms with Gasteiger partial charge < -0.3 is 21.9 Å². The van der Waals surface area contributed by atoms with Crippen LogP contribution in [0, 0.1) is 5.41 Å². The lowest BCUT2D eigenvalue weighted by Crippen LogP contribution is -2.29. The Labute approximate surface area is 161 Å². The van der Waals surface area contributed by atoms with Crippen molar-refractivity contribution in [1.82, 2.24) is 15.0 Å². The summed E-state index contributed by atoms with van der Waals surface area (Å²) in [7, 11) is 1.50. The van der Waals surface area contributed by atoms with Crippen LogP contribution in [0.3, 0.4) is 0 Å². The number of rotatable bonds is 6. The lowest BCUT2D eigenvalue weighted by atomic mass is 10.0. The Bertz CT molecular complexity index is 1010. The molecule has 144 valence electrons. The monoisotopic (exact) mass is 379 g/mol. The third-order valence-corrected chi connectivity index (χ3v) is 4.22. The van der Waals surface area contributed by atoms with Crippen molar-refractivity contribution in [2.75, 3.05) is 23.6 Å². The summed E-state index contributed by atoms with van der Waals surface area (Å²) < 4.78 is 5.40. The summed E-state index contributed by atoms with van der Waals surface area (Å²) in [6.45, 7) is 0.224. The maximum atomic E-state index is 8.58. The summed E-state index contributed by atoms with van der Waals surface area (Å²) in [6, 6.07) is 6.73. The molecule has 0 saturated heterocycles. The predicted octanol–water partition coefficient (Wildman–Crippen LogP) is 0.931. The number of benzene rings is 1. The van der Waals surface area contributed by atoms with Crippen LogP contribution in [0.25, 0.3) is 0 Å². The molecular weight excluding hydrogens is 358 g/mol. The minimum atomic E-state index is 0.111. The standard InChI is InChI=1S/C18H21N9O/c1-28-14-7-12(20)11(8-19)6-13(14)27(23)18-15(17(22)25-9-26-18)16(21)10-2-4-24-5-3-10/h2-7,9,21H,8,19-20,23H2,1H3,(H2,22,25,26). The van der Waals surface area contributed by atoms with Gasteiger partial charge in [0.15, 0.2) is 5.82 Å². The van der Waals surface area contributed by atoms with Crippen LogP contribution < -0.4 is 32.8 Å². The number of pyridine rings is 1. The smallest absolute Gasteiger partial charge is 0.162 e. The zero-order valence-electron chi connectivity index (χ0n) is 15.3. The maximum Gasteiger partial charge on any atom is 0.162 e. The molecule has 10 nitrogen and oxygen atoms in total. The van der Waals surface area contributed by atoms with Gasteiger partial charge in [0.05, 0.1) is 18.4 Å². The Balaban J connectivity index is 2.15. The number of anilines is 4. The van der Waals surface area contributed by atoms with Crippen molar-refractivity contribution in [3.63, 3.8) is 0 Å². The average Bonchev–Trinajstić information content (AvgIpc) is 2.73. The number of hydrogen-bond acceptors (Lipinski definition) is 10. The molecule has 0 fully saturated rings. The third kappa shape index (κ3) is 3.41. The molecule has 10 heteroatoms. The van der Waals surface area contributed by atoms with Crippen molar-refractivity contribution in [3.8, 4) is 5.75 Å². The van der Waals surface area contributed by atoms with Crippen LogP contribution in [0.5, 0.6) is 5.75 Å². The molecule has 3 rings (SSSR count). The fourth-order valence-corrected chi connectivity index (χ4v) is 2.74. The number of nitrogens with zero attached hydrogens (tertiary/aromatic N) is 4. The average molecular weight is 379 g/mol. The van der Waals surface area contributed by atoms with Gasteiger partial charge in [-0.15, -0.1) is 0 Å². The Morgan fingerprint density at radius 3 is 2.54 bits per heavy atom. The van der Waals surface area contributed by atoms with E-state index in [0.29, 0.717) is 28.3 Å². The van der Waals surface area contributed by atoms with E-state index in [2.05, 4.69) is 15.0 Å². The number of nitrogens with one attached hydrogen (secondary N) is 1. The minimum absolute atomic E-state index is 0.111. The SMILES string of the molecule is COc1cc(N)c(CN)cc1N(N)c1ncnc(N)c1C(=N)c1ccncc1. The zero-order valence-corrected chi connectivity index (χ0v) is 15.3. The number of hydrazine groups is 1. The highest BCUT2D eigenvalue weighted by atomic mass is 16.5. The Kier molecular flexibility index (Phi) is 5.34. The van der Waals surface area contributed by atoms with Gasteiger partial charge in [-0.25, -0.2) is 15.8 Å². The maximum absolute atomic E-state index is 8.58. The van der Waals surface area contributed by atoms with E-state index in [0.717, 1.165) is 0 Å². The van der Waals surface area contributed by atoms with E-state index in [9.17, 15) is 0 Å². The van der Waals surface area contributed by atoms with Gasteiger partial charge in [0.2, 0.25) is 0 Å². The number of nitrogen functional groups attached to an aromatic ring is 2. The summed E-state index contributed by atoms with van der Waals surface area (Å²) in [5.41, 5.74) is 20.5. The molecule has 0 atom stereocenters. The molecule has 28 heavy (non-hydrogen) atoms. The molecular formula is C18H21N9O. The first-order valence-corrected chi connectivity index (χ1v) is 8.29. The van der Waals surface area contributed by atoms with Crippen LogP contribution in [-0.4, -0.2) is 27.8 Å². The minimum Gasteiger partial charge on any atom is -0.494 e. The van der Waals surface area contributed by atoms with Gasteiger partial charge in [-0.2, -0.15) is 0 Å². The Morgan fingerprint density at radius 2 is 1.89 bits per heavy atom. The van der Waals surface area contributed by atoms with Crippen molar-refractivity contribution < 1.29 is 4.74 Å². The summed E-state index contributed by atoms with van der Waals surface area (Å²) in [4.78, 5) is 12.2. The third-order valence-electron chi connectivity index (χ3n) is 4.22. The second-order valence-electron chi connectivity index (χ2n) is 5.87. The molecule has 0 aliphatic carbocycles. The number of hydrogen-bond donors (Lipinski definition) is 5. The van der Waals surface area contributed by atoms with Crippen LogP contribution in [0.15, 0.2) is 43.0 Å². The summed E-state index contributed by atoms with van der Waals surface area (Å²) >= 11 is 0. The van der Waals surface area contributed by atoms with Gasteiger partial charge >= 0.3 is 0 Å². The summed E-state index contributed by atoms with van der Waals surface area (Å²) in [5, 5.41) is 9.86. The molecule has 1 aromatic carbocycles. The highest BCUT2D eigenvalue weighted by molar-refractivity contribution is 6.16. The second kappa shape index (κ2) is 7.86. The fraction of sp³-hybridized carbons (Fsp3) is 0.111. The molecule has 0 radical (unpaired) electrons. The van der Waals surface area contributed by atoms with Crippen molar-refractivity contribution >= 4 is 28.7 Å². The van der Waals surface area contributed by atoms with Crippen molar-refractivity contribution in [2.45, 2.75) is 6.54 Å². The summed E-state index contributed by atoms with van der Waals surface area (Å²) in [5.74, 6) is 7.15. The zero-order chi connectivity index (χ0) is 20.3. The van der Waals surface area contributed by atoms with Crippen molar-refractivity contribution in [3.05, 3.63) is 59.7 Å². The van der Waals surface area contributed by atoms with Gasteiger partial charge in [-0.3, -0.25) is 15.4 Å². The van der Waals surface area contributed by atoms with Crippen LogP contribution in [0.1, 0.15) is 16.7 Å². The molecule has 0 spiro atoms. The summed E-state index contributed by atoms with van der Waals surface area (Å²) in [6.07, 6.45) is 4.45. The molecule has 0 bridgehead atoms. The van der Waals surface area contributed by atoms with E-state index in [1.54, 1.807) is 36.7 Å². The van der Waals surface area contributed by atoms with E-state index in [-0.39, 0.29) is 29.5 Å². The molecule has 9 N–H and O–H groups in total. The molecule has 2 heterocycles. The molecule has 0 amide bonds. The normalized spacial score (nSPS) is 10.5. The van der Waals surface area contributed by atoms with E-state index in [1.807, 2.05) is 0 Å². The van der Waals surface area contributed by atoms with Gasteiger partial charge in [0.1, 0.15) is 23.6 Å². The van der Waals surface area contributed by atoms with E-state index < -0.39 is 0 Å². The Morgan fingerprint density at radius 1 is 1.18 bits per heavy atom. The van der Waals surface area contributed by atoms with Crippen molar-refractivity contribution in [1.29, 1.82) is 5.41 Å². The van der Waals surface area contributed by atoms with Crippen LogP contribution >= 0.6 is 0 Å². The number of ether oxygens (including phenoxy) is 1. The fourth-order valence-electron chi connectivity index (χ4n) is 2.74. The lowest BCUT2D eigenvalue weighted by Gasteiger charge is -2.24. The largest absolute Gasteiger partial charge is 0.494 e. The first kappa shape index (κ1) is 19.0. The number of nitrogens with two attached hydrogens (primary N) is 4. The van der Waals surface area contributed by atoms with Crippen molar-refractivity contribution in [2.24, 2.45) is 11.6 Å². The topological polar surface area (TPSA) is 179 Å². The molecule has 0 aliphatic rings. The lowest BCUT2D eigenvalue weighted by molar-refractivity contribution is 0.415. The van der Waals surface area contributed by atoms with E-state index in [1.165, 1.54) is 18.4 Å². The van der Waals surface area contributed by atoms with Gasteiger partial charge in [0, 0.05) is 36.3 Å². The predicted molar refractivity (Wildman–Crippen MR) is 108 cm³/mol. The number of aromatic nitrogens is 3. The second-order valence-corrected chi connectivity index (χ2v) is 5.87. The Hall–Kier alpha value is -3.76. The first-order chi connectivity index (χ1) is 13.5. The first-order valence-electron chi connectivity index (χ1n) is 8.29. The highest BCUT2D eigenvalue weighted by Crippen LogP contribution is 2.36. The molecule has 0 aliphatic heterocycles. The number of methoxy groups -OCH3 is 1. The van der Waals surface area contributed by atoms with Gasteiger partial charge in [0.25, 0.3) is 0 Å². The van der Waals surface area contributed by atoms with Gasteiger partial charge in [-0.05, 0) is 23.8 Å². The van der Waals surface area contributed by atoms with E-state index in [4.69, 9.17) is 33.2 Å². The molecule has 0 unspecified atom stereocenters. The molecule has 2 aromatic heterocycles. The molecule has 3 aromatic rings. The van der Waals surface area contributed by atoms with Crippen LogP contribution in [0.2, 0.25) is 0 Å². The van der Waals surface area contributed by atoms with E-state index >= 15 is 0 Å². The molecule has 0 saturated carbocycles. The van der Waals surface area contributed by atoms with Gasteiger partial charge in [-0.1, -0.05) is 0 Å². The quantitative estimate of drug-likeness (QED) is 0.180. The highest BCUT2D eigenvalue weighted by Gasteiger charge is 2.23. The van der Waals surface area contributed by atoms with Crippen LogP contribution in [0.4, 0.5) is 23.0 Å². The van der Waals surface area contributed by atoms with Crippen LogP contribution in [-0.2, 0) is 6.54 Å².